The quantitative estimate of drug-likeness (QED) is 0.368. The Morgan fingerprint density at radius 2 is 1.96 bits per heavy atom. The number of nitrogens with two attached hydrogens (primary N) is 2. The fourth-order valence-electron chi connectivity index (χ4n) is 2.43. The van der Waals surface area contributed by atoms with Crippen molar-refractivity contribution in [1.29, 1.82) is 0 Å². The Labute approximate surface area is 145 Å². The third kappa shape index (κ3) is 6.74. The van der Waals surface area contributed by atoms with Crippen LogP contribution in [-0.2, 0) is 37.1 Å². The molecule has 1 saturated heterocycles. The second-order valence-electron chi connectivity index (χ2n) is 5.70. The fraction of sp³-hybridized carbons (Fsp3) is 0.714. The highest BCUT2D eigenvalue weighted by Gasteiger charge is 2.22. The van der Waals surface area contributed by atoms with E-state index in [1.165, 1.54) is 4.68 Å². The summed E-state index contributed by atoms with van der Waals surface area (Å²) in [4.78, 5) is 29.2. The lowest BCUT2D eigenvalue weighted by Crippen LogP contribution is -2.43. The van der Waals surface area contributed by atoms with Gasteiger partial charge in [-0.05, 0) is 12.8 Å². The molecule has 1 aromatic rings. The van der Waals surface area contributed by atoms with Crippen LogP contribution in [0.1, 0.15) is 18.5 Å². The molecule has 1 fully saturated rings. The molecule has 2 heterocycles. The van der Waals surface area contributed by atoms with Crippen molar-refractivity contribution < 1.29 is 23.9 Å². The van der Waals surface area contributed by atoms with Gasteiger partial charge in [0.05, 0.1) is 32.1 Å². The zero-order chi connectivity index (χ0) is 18.1. The zero-order valence-electron chi connectivity index (χ0n) is 14.0. The lowest BCUT2D eigenvalue weighted by atomic mass is 10.1. The van der Waals surface area contributed by atoms with Crippen molar-refractivity contribution in [2.24, 2.45) is 11.6 Å². The van der Waals surface area contributed by atoms with Gasteiger partial charge in [0.1, 0.15) is 18.8 Å². The Morgan fingerprint density at radius 1 is 1.24 bits per heavy atom. The number of ether oxygens (including phenoxy) is 2. The van der Waals surface area contributed by atoms with E-state index in [-0.39, 0.29) is 31.8 Å². The van der Waals surface area contributed by atoms with Crippen LogP contribution in [0.25, 0.3) is 0 Å². The van der Waals surface area contributed by atoms with Gasteiger partial charge < -0.3 is 24.9 Å². The van der Waals surface area contributed by atoms with Crippen LogP contribution in [0.5, 0.6) is 0 Å². The first-order valence-corrected chi connectivity index (χ1v) is 8.04. The summed E-state index contributed by atoms with van der Waals surface area (Å²) < 4.78 is 12.0. The van der Waals surface area contributed by atoms with Gasteiger partial charge in [-0.25, -0.2) is 10.6 Å². The molecule has 1 aliphatic rings. The first kappa shape index (κ1) is 19.2. The van der Waals surface area contributed by atoms with Crippen LogP contribution in [0.15, 0.2) is 6.20 Å². The first-order chi connectivity index (χ1) is 12.1. The van der Waals surface area contributed by atoms with E-state index < -0.39 is 5.91 Å². The number of likely N-dealkylation sites (tertiary alicyclic amines) is 1. The number of hydrogen-bond donors (Lipinski definition) is 2. The molecule has 2 rings (SSSR count). The van der Waals surface area contributed by atoms with Crippen molar-refractivity contribution in [3.63, 3.8) is 0 Å². The lowest BCUT2D eigenvalue weighted by Gasteiger charge is -2.30. The van der Waals surface area contributed by atoms with E-state index in [1.807, 2.05) is 0 Å². The molecule has 0 unspecified atom stereocenters. The topological polar surface area (TPSA) is 148 Å². The van der Waals surface area contributed by atoms with Crippen molar-refractivity contribution in [2.75, 3.05) is 32.9 Å². The number of primary amides is 1. The number of nitrogens with zero attached hydrogens (tertiary/aromatic N) is 4. The maximum Gasteiger partial charge on any atom is 0.248 e. The van der Waals surface area contributed by atoms with Gasteiger partial charge >= 0.3 is 0 Å². The van der Waals surface area contributed by atoms with Crippen molar-refractivity contribution in [3.8, 4) is 0 Å². The minimum absolute atomic E-state index is 0.0201. The van der Waals surface area contributed by atoms with Gasteiger partial charge in [-0.3, -0.25) is 9.59 Å². The predicted octanol–water partition coefficient (Wildman–Crippen LogP) is -1.82. The Morgan fingerprint density at radius 3 is 2.64 bits per heavy atom. The van der Waals surface area contributed by atoms with Crippen LogP contribution in [0, 0.1) is 0 Å². The molecular weight excluding hydrogens is 332 g/mol. The molecule has 140 valence electrons. The smallest absolute Gasteiger partial charge is 0.248 e. The number of carbonyl (C=O) groups excluding carboxylic acids is 2. The monoisotopic (exact) mass is 356 g/mol. The largest absolute Gasteiger partial charge is 0.373 e. The van der Waals surface area contributed by atoms with Crippen molar-refractivity contribution in [1.82, 2.24) is 19.9 Å². The maximum absolute atomic E-state index is 12.0. The van der Waals surface area contributed by atoms with Crippen LogP contribution < -0.4 is 11.6 Å². The van der Waals surface area contributed by atoms with E-state index in [4.69, 9.17) is 25.9 Å². The van der Waals surface area contributed by atoms with Crippen molar-refractivity contribution >= 4 is 11.8 Å². The van der Waals surface area contributed by atoms with E-state index in [1.54, 1.807) is 11.1 Å². The molecule has 0 spiro atoms. The molecule has 11 nitrogen and oxygen atoms in total. The standard InChI is InChI=1S/C14H24N6O5/c15-13(21)8-20-7-11(17-18-20)9-23-5-6-24-10-14(22)19-3-1-12(25-16)2-4-19/h7,12H,1-6,8-10,16H2,(H2,15,21). The average Bonchev–Trinajstić information content (AvgIpc) is 3.04. The summed E-state index contributed by atoms with van der Waals surface area (Å²) in [5.74, 6) is 4.60. The SMILES string of the molecule is NOC1CCN(C(=O)COCCOCc2cn(CC(N)=O)nn2)CC1. The molecule has 11 heteroatoms. The van der Waals surface area contributed by atoms with Crippen molar-refractivity contribution in [2.45, 2.75) is 32.1 Å². The summed E-state index contributed by atoms with van der Waals surface area (Å²) in [6.07, 6.45) is 3.09. The third-order valence-corrected chi connectivity index (χ3v) is 3.74. The summed E-state index contributed by atoms with van der Waals surface area (Å²) in [5, 5.41) is 7.59. The molecule has 4 N–H and O–H groups in total. The molecule has 0 saturated carbocycles. The normalized spacial score (nSPS) is 15.5. The third-order valence-electron chi connectivity index (χ3n) is 3.74. The van der Waals surface area contributed by atoms with Crippen molar-refractivity contribution in [3.05, 3.63) is 11.9 Å². The minimum Gasteiger partial charge on any atom is -0.373 e. The highest BCUT2D eigenvalue weighted by molar-refractivity contribution is 5.77. The molecule has 0 bridgehead atoms. The molecule has 25 heavy (non-hydrogen) atoms. The Bertz CT molecular complexity index is 558. The van der Waals surface area contributed by atoms with E-state index in [9.17, 15) is 9.59 Å². The molecule has 0 aliphatic carbocycles. The average molecular weight is 356 g/mol. The van der Waals surface area contributed by atoms with Gasteiger partial charge in [0.2, 0.25) is 11.8 Å². The molecule has 0 aromatic carbocycles. The molecule has 2 amide bonds. The number of amides is 2. The van der Waals surface area contributed by atoms with Crippen LogP contribution in [-0.4, -0.2) is 70.7 Å². The summed E-state index contributed by atoms with van der Waals surface area (Å²) in [6, 6.07) is 0. The van der Waals surface area contributed by atoms with Gasteiger partial charge in [0.25, 0.3) is 0 Å². The molecule has 1 aromatic heterocycles. The predicted molar refractivity (Wildman–Crippen MR) is 84.6 cm³/mol. The Kier molecular flexibility index (Phi) is 7.73. The maximum atomic E-state index is 12.0. The summed E-state index contributed by atoms with van der Waals surface area (Å²) in [6.45, 7) is 2.10. The highest BCUT2D eigenvalue weighted by Crippen LogP contribution is 2.12. The Balaban J connectivity index is 1.52. The number of hydrogen-bond acceptors (Lipinski definition) is 8. The van der Waals surface area contributed by atoms with E-state index in [0.29, 0.717) is 32.0 Å². The second-order valence-corrected chi connectivity index (χ2v) is 5.70. The van der Waals surface area contributed by atoms with Crippen LogP contribution in [0.3, 0.4) is 0 Å². The molecular formula is C14H24N6O5. The first-order valence-electron chi connectivity index (χ1n) is 8.04. The van der Waals surface area contributed by atoms with E-state index >= 15 is 0 Å². The molecule has 0 atom stereocenters. The number of piperidine rings is 1. The lowest BCUT2D eigenvalue weighted by molar-refractivity contribution is -0.139. The number of carbonyl (C=O) groups is 2. The van der Waals surface area contributed by atoms with Gasteiger partial charge in [-0.1, -0.05) is 5.21 Å². The van der Waals surface area contributed by atoms with Gasteiger partial charge in [-0.2, -0.15) is 0 Å². The molecule has 0 radical (unpaired) electrons. The van der Waals surface area contributed by atoms with Crippen LogP contribution in [0.2, 0.25) is 0 Å². The summed E-state index contributed by atoms with van der Waals surface area (Å²) >= 11 is 0. The van der Waals surface area contributed by atoms with Gasteiger partial charge in [0, 0.05) is 13.1 Å². The second kappa shape index (κ2) is 10.0. The summed E-state index contributed by atoms with van der Waals surface area (Å²) in [5.41, 5.74) is 5.65. The highest BCUT2D eigenvalue weighted by atomic mass is 16.6. The zero-order valence-corrected chi connectivity index (χ0v) is 14.0. The number of rotatable bonds is 10. The summed E-state index contributed by atoms with van der Waals surface area (Å²) in [7, 11) is 0. The minimum atomic E-state index is -0.491. The van der Waals surface area contributed by atoms with Gasteiger partial charge in [0.15, 0.2) is 0 Å². The van der Waals surface area contributed by atoms with Crippen LogP contribution in [0.4, 0.5) is 0 Å². The van der Waals surface area contributed by atoms with Crippen LogP contribution >= 0.6 is 0 Å². The van der Waals surface area contributed by atoms with E-state index in [2.05, 4.69) is 10.3 Å². The molecule has 1 aliphatic heterocycles. The number of aromatic nitrogens is 3. The van der Waals surface area contributed by atoms with E-state index in [0.717, 1.165) is 12.8 Å². The fourth-order valence-corrected chi connectivity index (χ4v) is 2.43. The van der Waals surface area contributed by atoms with Gasteiger partial charge in [-0.15, -0.1) is 5.10 Å². The Hall–Kier alpha value is -2.08.